The van der Waals surface area contributed by atoms with Crippen LogP contribution < -0.4 is 10.1 Å². The molecule has 5 heteroatoms. The lowest BCUT2D eigenvalue weighted by molar-refractivity contribution is 0.475. The summed E-state index contributed by atoms with van der Waals surface area (Å²) in [6.07, 6.45) is 1.94. The molecule has 0 spiro atoms. The van der Waals surface area contributed by atoms with Gasteiger partial charge in [0, 0.05) is 22.8 Å². The fourth-order valence-electron chi connectivity index (χ4n) is 2.42. The second-order valence-electron chi connectivity index (χ2n) is 4.82. The van der Waals surface area contributed by atoms with Crippen molar-refractivity contribution in [2.24, 2.45) is 0 Å². The lowest BCUT2D eigenvalue weighted by Crippen LogP contribution is -2.12. The molecule has 0 radical (unpaired) electrons. The number of hydrogen-bond acceptors (Lipinski definition) is 3. The Morgan fingerprint density at radius 1 is 1.19 bits per heavy atom. The first-order chi connectivity index (χ1) is 10.2. The van der Waals surface area contributed by atoms with Crippen LogP contribution >= 0.6 is 23.2 Å². The van der Waals surface area contributed by atoms with E-state index in [1.165, 1.54) is 0 Å². The molecule has 0 fully saturated rings. The van der Waals surface area contributed by atoms with Crippen molar-refractivity contribution in [1.82, 2.24) is 0 Å². The van der Waals surface area contributed by atoms with Crippen molar-refractivity contribution in [3.63, 3.8) is 0 Å². The van der Waals surface area contributed by atoms with E-state index >= 15 is 0 Å². The molecule has 0 aliphatic carbocycles. The van der Waals surface area contributed by atoms with Gasteiger partial charge in [-0.25, -0.2) is 0 Å². The second kappa shape index (κ2) is 5.85. The van der Waals surface area contributed by atoms with Crippen LogP contribution in [0.25, 0.3) is 0 Å². The van der Waals surface area contributed by atoms with E-state index in [0.29, 0.717) is 27.1 Å². The largest absolute Gasteiger partial charge is 0.455 e. The number of rotatable bonds is 2. The molecule has 0 bridgehead atoms. The van der Waals surface area contributed by atoms with Crippen molar-refractivity contribution in [3.05, 3.63) is 51.5 Å². The molecule has 3 rings (SSSR count). The Kier molecular flexibility index (Phi) is 3.92. The van der Waals surface area contributed by atoms with Gasteiger partial charge in [-0.3, -0.25) is 0 Å². The van der Waals surface area contributed by atoms with Crippen LogP contribution in [0.1, 0.15) is 17.5 Å². The summed E-state index contributed by atoms with van der Waals surface area (Å²) >= 11 is 12.3. The van der Waals surface area contributed by atoms with Crippen LogP contribution in [-0.4, -0.2) is 6.54 Å². The first kappa shape index (κ1) is 14.1. The van der Waals surface area contributed by atoms with Gasteiger partial charge < -0.3 is 10.1 Å². The summed E-state index contributed by atoms with van der Waals surface area (Å²) in [6, 6.07) is 10.8. The number of fused-ring (bicyclic) bond motifs is 1. The Hall–Kier alpha value is -1.89. The van der Waals surface area contributed by atoms with Crippen molar-refractivity contribution in [1.29, 1.82) is 5.26 Å². The van der Waals surface area contributed by atoms with Gasteiger partial charge in [0.05, 0.1) is 16.7 Å². The molecule has 21 heavy (non-hydrogen) atoms. The van der Waals surface area contributed by atoms with Gasteiger partial charge in [-0.2, -0.15) is 5.26 Å². The minimum absolute atomic E-state index is 0.455. The average molecular weight is 319 g/mol. The minimum Gasteiger partial charge on any atom is -0.455 e. The molecule has 1 aliphatic heterocycles. The number of anilines is 1. The van der Waals surface area contributed by atoms with Gasteiger partial charge in [0.2, 0.25) is 0 Å². The van der Waals surface area contributed by atoms with Crippen LogP contribution in [-0.2, 0) is 6.42 Å². The summed E-state index contributed by atoms with van der Waals surface area (Å²) in [7, 11) is 0. The number of nitriles is 1. The maximum absolute atomic E-state index is 9.00. The molecular weight excluding hydrogens is 307 g/mol. The monoisotopic (exact) mass is 318 g/mol. The maximum atomic E-state index is 9.00. The van der Waals surface area contributed by atoms with Crippen LogP contribution in [0.3, 0.4) is 0 Å². The van der Waals surface area contributed by atoms with Crippen molar-refractivity contribution >= 4 is 28.9 Å². The summed E-state index contributed by atoms with van der Waals surface area (Å²) in [5, 5.41) is 13.3. The normalized spacial score (nSPS) is 13.0. The zero-order valence-corrected chi connectivity index (χ0v) is 12.6. The molecule has 0 unspecified atom stereocenters. The van der Waals surface area contributed by atoms with Gasteiger partial charge in [-0.05, 0) is 43.2 Å². The standard InChI is InChI=1S/C16H12Cl2N2O/c17-11-6-10(9-19)7-12(8-11)21-16-13-2-1-5-20-15(13)4-3-14(16)18/h3-4,6-8,20H,1-2,5H2. The highest BCUT2D eigenvalue weighted by molar-refractivity contribution is 6.32. The molecule has 1 N–H and O–H groups in total. The molecule has 2 aromatic carbocycles. The van der Waals surface area contributed by atoms with Crippen LogP contribution in [0.15, 0.2) is 30.3 Å². The van der Waals surface area contributed by atoms with Crippen molar-refractivity contribution < 1.29 is 4.74 Å². The SMILES string of the molecule is N#Cc1cc(Cl)cc(Oc2c(Cl)ccc3c2CCCN3)c1. The van der Waals surface area contributed by atoms with E-state index in [4.69, 9.17) is 33.2 Å². The second-order valence-corrected chi connectivity index (χ2v) is 5.67. The van der Waals surface area contributed by atoms with Gasteiger partial charge in [-0.1, -0.05) is 23.2 Å². The van der Waals surface area contributed by atoms with E-state index in [-0.39, 0.29) is 0 Å². The Morgan fingerprint density at radius 3 is 2.86 bits per heavy atom. The first-order valence-corrected chi connectivity index (χ1v) is 7.37. The van der Waals surface area contributed by atoms with E-state index in [2.05, 4.69) is 11.4 Å². The first-order valence-electron chi connectivity index (χ1n) is 6.61. The number of hydrogen-bond donors (Lipinski definition) is 1. The zero-order chi connectivity index (χ0) is 14.8. The molecule has 0 aromatic heterocycles. The Bertz CT molecular complexity index is 738. The highest BCUT2D eigenvalue weighted by atomic mass is 35.5. The summed E-state index contributed by atoms with van der Waals surface area (Å²) < 4.78 is 5.92. The molecule has 0 atom stereocenters. The fraction of sp³-hybridized carbons (Fsp3) is 0.188. The highest BCUT2D eigenvalue weighted by Crippen LogP contribution is 2.40. The van der Waals surface area contributed by atoms with Gasteiger partial charge in [0.1, 0.15) is 5.75 Å². The summed E-state index contributed by atoms with van der Waals surface area (Å²) in [5.74, 6) is 1.15. The number of nitrogens with zero attached hydrogens (tertiary/aromatic N) is 1. The van der Waals surface area contributed by atoms with Crippen LogP contribution in [0.2, 0.25) is 10.0 Å². The van der Waals surface area contributed by atoms with E-state index in [0.717, 1.165) is 30.6 Å². The number of nitrogens with one attached hydrogen (secondary N) is 1. The van der Waals surface area contributed by atoms with Gasteiger partial charge in [0.15, 0.2) is 5.75 Å². The lowest BCUT2D eigenvalue weighted by atomic mass is 10.0. The zero-order valence-electron chi connectivity index (χ0n) is 11.1. The minimum atomic E-state index is 0.455. The Balaban J connectivity index is 2.02. The molecule has 0 amide bonds. The van der Waals surface area contributed by atoms with E-state index in [9.17, 15) is 0 Å². The quantitative estimate of drug-likeness (QED) is 0.846. The van der Waals surface area contributed by atoms with Crippen molar-refractivity contribution in [2.45, 2.75) is 12.8 Å². The molecule has 1 heterocycles. The van der Waals surface area contributed by atoms with Gasteiger partial charge in [-0.15, -0.1) is 0 Å². The molecule has 106 valence electrons. The summed E-state index contributed by atoms with van der Waals surface area (Å²) in [5.41, 5.74) is 2.56. The van der Waals surface area contributed by atoms with E-state index in [1.54, 1.807) is 18.2 Å². The Morgan fingerprint density at radius 2 is 2.05 bits per heavy atom. The van der Waals surface area contributed by atoms with Crippen molar-refractivity contribution in [3.8, 4) is 17.6 Å². The number of ether oxygens (including phenoxy) is 1. The average Bonchev–Trinajstić information content (AvgIpc) is 2.49. The topological polar surface area (TPSA) is 45.0 Å². The van der Waals surface area contributed by atoms with Gasteiger partial charge in [0.25, 0.3) is 0 Å². The smallest absolute Gasteiger partial charge is 0.151 e. The number of halogens is 2. The third-order valence-corrected chi connectivity index (χ3v) is 3.87. The third kappa shape index (κ3) is 2.92. The molecule has 0 saturated carbocycles. The van der Waals surface area contributed by atoms with E-state index < -0.39 is 0 Å². The highest BCUT2D eigenvalue weighted by Gasteiger charge is 2.17. The van der Waals surface area contributed by atoms with Crippen LogP contribution in [0, 0.1) is 11.3 Å². The van der Waals surface area contributed by atoms with Crippen LogP contribution in [0.4, 0.5) is 5.69 Å². The summed E-state index contributed by atoms with van der Waals surface area (Å²) in [6.45, 7) is 0.948. The van der Waals surface area contributed by atoms with E-state index in [1.807, 2.05) is 12.1 Å². The maximum Gasteiger partial charge on any atom is 0.151 e. The number of benzene rings is 2. The predicted octanol–water partition coefficient (Wildman–Crippen LogP) is 5.02. The van der Waals surface area contributed by atoms with Crippen molar-refractivity contribution in [2.75, 3.05) is 11.9 Å². The molecule has 2 aromatic rings. The molecule has 0 saturated heterocycles. The summed E-state index contributed by atoms with van der Waals surface area (Å²) in [4.78, 5) is 0. The molecule has 1 aliphatic rings. The third-order valence-electron chi connectivity index (χ3n) is 3.35. The molecule has 3 nitrogen and oxygen atoms in total. The predicted molar refractivity (Wildman–Crippen MR) is 84.5 cm³/mol. The molecular formula is C16H12Cl2N2O. The lowest BCUT2D eigenvalue weighted by Gasteiger charge is -2.22. The fourth-order valence-corrected chi connectivity index (χ4v) is 2.86. The van der Waals surface area contributed by atoms with Gasteiger partial charge >= 0.3 is 0 Å². The van der Waals surface area contributed by atoms with Crippen LogP contribution in [0.5, 0.6) is 11.5 Å². The Labute approximate surface area is 133 Å².